The van der Waals surface area contributed by atoms with Gasteiger partial charge in [-0.2, -0.15) is 11.8 Å². The van der Waals surface area contributed by atoms with Crippen LogP contribution in [0.25, 0.3) is 0 Å². The van der Waals surface area contributed by atoms with Gasteiger partial charge < -0.3 is 14.8 Å². The maximum Gasteiger partial charge on any atom is 0.255 e. The summed E-state index contributed by atoms with van der Waals surface area (Å²) in [7, 11) is 4.11. The Morgan fingerprint density at radius 3 is 2.54 bits per heavy atom. The first-order chi connectivity index (χ1) is 16.4. The quantitative estimate of drug-likeness (QED) is 0.285. The van der Waals surface area contributed by atoms with Gasteiger partial charge >= 0.3 is 0 Å². The summed E-state index contributed by atoms with van der Waals surface area (Å²) >= 11 is 1.78. The van der Waals surface area contributed by atoms with Crippen molar-refractivity contribution in [3.8, 4) is 0 Å². The molecule has 0 saturated heterocycles. The summed E-state index contributed by atoms with van der Waals surface area (Å²) in [5.41, 5.74) is 3.44. The molecule has 0 unspecified atom stereocenters. The zero-order chi connectivity index (χ0) is 24.3. The third-order valence-electron chi connectivity index (χ3n) is 5.25. The Balaban J connectivity index is 0.00000432. The highest BCUT2D eigenvalue weighted by atomic mass is 35.5. The molecule has 0 aliphatic heterocycles. The van der Waals surface area contributed by atoms with E-state index in [2.05, 4.69) is 52.3 Å². The van der Waals surface area contributed by atoms with E-state index in [4.69, 9.17) is 0 Å². The van der Waals surface area contributed by atoms with E-state index in [0.717, 1.165) is 48.7 Å². The molecule has 0 bridgehead atoms. The highest BCUT2D eigenvalue weighted by molar-refractivity contribution is 7.98. The molecule has 37 heavy (non-hydrogen) atoms. The molecule has 3 rings (SSSR count). The lowest BCUT2D eigenvalue weighted by Gasteiger charge is -2.10. The number of aryl methyl sites for hydroxylation is 1. The molecule has 0 aliphatic carbocycles. The van der Waals surface area contributed by atoms with Crippen LogP contribution in [0.2, 0.25) is 0 Å². The molecule has 12 heteroatoms. The summed E-state index contributed by atoms with van der Waals surface area (Å²) in [6.45, 7) is 4.40. The molecule has 206 valence electrons. The number of thioether (sulfide) groups is 1. The predicted octanol–water partition coefficient (Wildman–Crippen LogP) is 4.39. The zero-order valence-electron chi connectivity index (χ0n) is 21.4. The van der Waals surface area contributed by atoms with Gasteiger partial charge in [-0.15, -0.1) is 37.2 Å². The predicted molar refractivity (Wildman–Crippen MR) is 161 cm³/mol. The van der Waals surface area contributed by atoms with Gasteiger partial charge in [-0.05, 0) is 49.8 Å². The maximum atomic E-state index is 12.5. The number of halogens is 3. The average Bonchev–Trinajstić information content (AvgIpc) is 2.80. The number of aromatic nitrogens is 4. The molecular weight excluding hydrogens is 555 g/mol. The van der Waals surface area contributed by atoms with Gasteiger partial charge in [-0.3, -0.25) is 19.6 Å². The van der Waals surface area contributed by atoms with Gasteiger partial charge in [0.25, 0.3) is 11.1 Å². The number of nitrogens with zero attached hydrogens (tertiary/aromatic N) is 4. The summed E-state index contributed by atoms with van der Waals surface area (Å²) in [6, 6.07) is 7.68. The summed E-state index contributed by atoms with van der Waals surface area (Å²) in [6.07, 6.45) is 7.63. The Kier molecular flexibility index (Phi) is 17.2. The Hall–Kier alpha value is -2.04. The van der Waals surface area contributed by atoms with E-state index in [1.165, 1.54) is 5.56 Å². The van der Waals surface area contributed by atoms with Crippen LogP contribution in [0, 0.1) is 0 Å². The van der Waals surface area contributed by atoms with Crippen LogP contribution in [0.15, 0.2) is 52.4 Å². The zero-order valence-corrected chi connectivity index (χ0v) is 24.7. The minimum absolute atomic E-state index is 0. The van der Waals surface area contributed by atoms with E-state index in [1.54, 1.807) is 34.8 Å². The number of hydrogen-bond donors (Lipinski definition) is 2. The van der Waals surface area contributed by atoms with Crippen LogP contribution in [0.5, 0.6) is 0 Å². The van der Waals surface area contributed by atoms with E-state index in [0.29, 0.717) is 24.5 Å². The number of hydrogen-bond acceptors (Lipinski definition) is 7. The van der Waals surface area contributed by atoms with Crippen molar-refractivity contribution in [2.75, 3.05) is 31.7 Å². The number of nitrogens with one attached hydrogen (secondary N) is 2. The first-order valence-corrected chi connectivity index (χ1v) is 12.8. The van der Waals surface area contributed by atoms with E-state index < -0.39 is 0 Å². The Labute approximate surface area is 241 Å². The van der Waals surface area contributed by atoms with Gasteiger partial charge in [0.05, 0.1) is 5.69 Å². The first kappa shape index (κ1) is 35.0. The standard InChI is InChI=1S/C25H34N6O2S.3ClH/c1-4-5-10-31-11-7-19(15-23(31)32)13-21-16-28-25(29-24(21)33)27-9-12-34-18-22-14-20(6-8-26-22)17-30(2)3;;;/h6-8,11,14-16H,4-5,9-10,12-13,17-18H2,1-3H3,(H2,27,28,29,33);3*1H. The molecule has 0 saturated carbocycles. The molecule has 3 aromatic rings. The number of aromatic amines is 1. The Morgan fingerprint density at radius 2 is 1.86 bits per heavy atom. The van der Waals surface area contributed by atoms with Crippen LogP contribution in [0.1, 0.15) is 42.1 Å². The Bertz CT molecular complexity index is 1190. The second-order valence-electron chi connectivity index (χ2n) is 8.56. The first-order valence-electron chi connectivity index (χ1n) is 11.6. The second kappa shape index (κ2) is 18.3. The van der Waals surface area contributed by atoms with E-state index in [9.17, 15) is 9.59 Å². The number of anilines is 1. The maximum absolute atomic E-state index is 12.5. The number of unbranched alkanes of at least 4 members (excludes halogenated alkanes) is 1. The van der Waals surface area contributed by atoms with Crippen molar-refractivity contribution in [2.24, 2.45) is 0 Å². The summed E-state index contributed by atoms with van der Waals surface area (Å²) in [4.78, 5) is 38.4. The van der Waals surface area contributed by atoms with E-state index in [-0.39, 0.29) is 48.3 Å². The number of pyridine rings is 2. The van der Waals surface area contributed by atoms with Gasteiger partial charge in [0.2, 0.25) is 5.95 Å². The fraction of sp³-hybridized carbons (Fsp3) is 0.440. The lowest BCUT2D eigenvalue weighted by Crippen LogP contribution is -2.21. The molecule has 0 amide bonds. The molecular formula is C25H37Cl3N6O2S. The van der Waals surface area contributed by atoms with Gasteiger partial charge in [-0.1, -0.05) is 13.3 Å². The van der Waals surface area contributed by atoms with Crippen LogP contribution in [-0.4, -0.2) is 50.8 Å². The Morgan fingerprint density at radius 1 is 1.08 bits per heavy atom. The molecule has 0 radical (unpaired) electrons. The van der Waals surface area contributed by atoms with Gasteiger partial charge in [0.15, 0.2) is 0 Å². The number of rotatable bonds is 13. The molecule has 3 aromatic heterocycles. The van der Waals surface area contributed by atoms with Gasteiger partial charge in [0.1, 0.15) is 0 Å². The second-order valence-corrected chi connectivity index (χ2v) is 9.66. The normalized spacial score (nSPS) is 10.3. The van der Waals surface area contributed by atoms with Crippen molar-refractivity contribution < 1.29 is 0 Å². The van der Waals surface area contributed by atoms with Crippen LogP contribution >= 0.6 is 49.0 Å². The largest absolute Gasteiger partial charge is 0.355 e. The molecule has 0 aromatic carbocycles. The average molecular weight is 592 g/mol. The van der Waals surface area contributed by atoms with Crippen molar-refractivity contribution >= 4 is 54.9 Å². The highest BCUT2D eigenvalue weighted by Crippen LogP contribution is 2.12. The van der Waals surface area contributed by atoms with Crippen molar-refractivity contribution in [1.29, 1.82) is 0 Å². The summed E-state index contributed by atoms with van der Waals surface area (Å²) in [5.74, 6) is 2.15. The smallest absolute Gasteiger partial charge is 0.255 e. The van der Waals surface area contributed by atoms with Crippen molar-refractivity contribution in [3.63, 3.8) is 0 Å². The van der Waals surface area contributed by atoms with Crippen molar-refractivity contribution in [2.45, 2.75) is 45.0 Å². The van der Waals surface area contributed by atoms with Gasteiger partial charge in [0, 0.05) is 67.8 Å². The van der Waals surface area contributed by atoms with Crippen LogP contribution in [0.4, 0.5) is 5.95 Å². The number of H-pyrrole nitrogens is 1. The molecule has 0 atom stereocenters. The molecule has 0 spiro atoms. The summed E-state index contributed by atoms with van der Waals surface area (Å²) in [5, 5.41) is 3.17. The van der Waals surface area contributed by atoms with Crippen LogP contribution < -0.4 is 16.4 Å². The highest BCUT2D eigenvalue weighted by Gasteiger charge is 2.06. The minimum atomic E-state index is -0.192. The molecule has 0 fully saturated rings. The van der Waals surface area contributed by atoms with E-state index in [1.807, 2.05) is 18.3 Å². The fourth-order valence-corrected chi connectivity index (χ4v) is 4.28. The lowest BCUT2D eigenvalue weighted by molar-refractivity contribution is 0.402. The third-order valence-corrected chi connectivity index (χ3v) is 6.24. The topological polar surface area (TPSA) is 95.9 Å². The minimum Gasteiger partial charge on any atom is -0.355 e. The third kappa shape index (κ3) is 11.9. The molecule has 2 N–H and O–H groups in total. The van der Waals surface area contributed by atoms with Crippen molar-refractivity contribution in [3.05, 3.63) is 85.9 Å². The molecule has 0 aliphatic rings. The SMILES string of the molecule is CCCCn1ccc(Cc2cnc(NCCSCc3cc(CN(C)C)ccn3)[nH]c2=O)cc1=O.Cl.Cl.Cl. The fourth-order valence-electron chi connectivity index (χ4n) is 3.52. The van der Waals surface area contributed by atoms with Crippen LogP contribution in [-0.2, 0) is 25.3 Å². The van der Waals surface area contributed by atoms with Crippen LogP contribution in [0.3, 0.4) is 0 Å². The van der Waals surface area contributed by atoms with E-state index >= 15 is 0 Å². The molecule has 3 heterocycles. The lowest BCUT2D eigenvalue weighted by atomic mass is 10.1. The van der Waals surface area contributed by atoms with Crippen molar-refractivity contribution in [1.82, 2.24) is 24.4 Å². The van der Waals surface area contributed by atoms with Gasteiger partial charge in [-0.25, -0.2) is 4.98 Å². The monoisotopic (exact) mass is 590 g/mol. The summed E-state index contributed by atoms with van der Waals surface area (Å²) < 4.78 is 1.71. The molecule has 8 nitrogen and oxygen atoms in total.